The highest BCUT2D eigenvalue weighted by atomic mass is 35.5. The molecule has 8 fully saturated rings. The van der Waals surface area contributed by atoms with Gasteiger partial charge in [0.2, 0.25) is 63.3 Å². The molecular weight excluding hydrogens is 1790 g/mol. The predicted molar refractivity (Wildman–Crippen MR) is 480 cm³/mol. The van der Waals surface area contributed by atoms with Gasteiger partial charge in [-0.25, -0.2) is 47.1 Å². The fourth-order valence-corrected chi connectivity index (χ4v) is 20.8. The number of aliphatic imine (C=N–C) groups is 1. The molecule has 4 aromatic heterocycles. The largest absolute Gasteiger partial charge is 0.400 e. The average Bonchev–Trinajstić information content (AvgIpc) is 1.64. The van der Waals surface area contributed by atoms with Gasteiger partial charge in [-0.15, -0.1) is 0 Å². The minimum absolute atomic E-state index is 0. The Morgan fingerprint density at radius 3 is 1.43 bits per heavy atom. The zero-order valence-electron chi connectivity index (χ0n) is 71.0. The number of nitro groups is 2. The number of amides is 8. The number of nitrogens with two attached hydrogens (primary N) is 6. The van der Waals surface area contributed by atoms with Gasteiger partial charge in [0.15, 0.2) is 46.5 Å². The molecule has 17 rings (SSSR count). The first-order valence-corrected chi connectivity index (χ1v) is 42.6. The van der Waals surface area contributed by atoms with E-state index in [2.05, 4.69) is 92.7 Å². The van der Waals surface area contributed by atoms with E-state index in [9.17, 15) is 80.5 Å². The van der Waals surface area contributed by atoms with Crippen LogP contribution in [0.4, 0.5) is 101 Å². The number of fused-ring (bicyclic) bond motifs is 11. The van der Waals surface area contributed by atoms with Crippen molar-refractivity contribution in [2.75, 3.05) is 75.6 Å². The lowest BCUT2D eigenvalue weighted by Gasteiger charge is -2.35. The van der Waals surface area contributed by atoms with E-state index in [-0.39, 0.29) is 189 Å². The number of hydrogen-bond donors (Lipinski definition) is 16. The minimum Gasteiger partial charge on any atom is -0.400 e. The van der Waals surface area contributed by atoms with E-state index < -0.39 is 81.8 Å². The molecule has 1 aliphatic heterocycles. The minimum atomic E-state index is -1.00. The van der Waals surface area contributed by atoms with Crippen molar-refractivity contribution in [2.45, 2.75) is 109 Å². The summed E-state index contributed by atoms with van der Waals surface area (Å²) in [5.41, 5.74) is 36.9. The fourth-order valence-electron chi connectivity index (χ4n) is 20.4. The summed E-state index contributed by atoms with van der Waals surface area (Å²) in [6.07, 6.45) is 13.6. The average molecular weight is 1900 g/mol. The normalized spacial score (nSPS) is 25.8. The molecule has 20 atom stereocenters. The van der Waals surface area contributed by atoms with Crippen LogP contribution in [0, 0.1) is 138 Å². The van der Waals surface area contributed by atoms with Crippen LogP contribution in [0.3, 0.4) is 0 Å². The molecule has 8 aromatic rings. The van der Waals surface area contributed by atoms with Crippen LogP contribution in [0.15, 0.2) is 127 Å². The number of anilines is 10. The third kappa shape index (κ3) is 24.9. The molecule has 0 unspecified atom stereocenters. The molecule has 39 nitrogen and oxygen atoms in total. The van der Waals surface area contributed by atoms with Crippen molar-refractivity contribution in [3.63, 3.8) is 0 Å². The molecule has 132 heavy (non-hydrogen) atoms. The number of halogens is 8. The Morgan fingerprint density at radius 1 is 0.553 bits per heavy atom. The third-order valence-corrected chi connectivity index (χ3v) is 25.9. The second kappa shape index (κ2) is 46.0. The summed E-state index contributed by atoms with van der Waals surface area (Å²) in [4.78, 5) is 149. The van der Waals surface area contributed by atoms with Gasteiger partial charge in [-0.1, -0.05) is 31.7 Å². The first-order chi connectivity index (χ1) is 63.2. The van der Waals surface area contributed by atoms with Crippen LogP contribution in [-0.2, 0) is 33.6 Å². The Bertz CT molecular complexity index is 5570. The zero-order valence-corrected chi connectivity index (χ0v) is 72.2. The zero-order chi connectivity index (χ0) is 95.5. The monoisotopic (exact) mass is 1890 g/mol. The van der Waals surface area contributed by atoms with Crippen molar-refractivity contribution in [3.8, 4) is 0 Å². The topological polar surface area (TPSA) is 623 Å². The van der Waals surface area contributed by atoms with E-state index in [0.29, 0.717) is 66.7 Å². The number of primary amides is 4. The maximum atomic E-state index is 14.5. The first kappa shape index (κ1) is 99.3. The number of carbonyl (C=O) groups excluding carboxylic acids is 8. The maximum Gasteiger partial charge on any atom is 0.319 e. The molecule has 704 valence electrons. The summed E-state index contributed by atoms with van der Waals surface area (Å²) < 4.78 is 72.1. The van der Waals surface area contributed by atoms with E-state index in [1.54, 1.807) is 54.6 Å². The summed E-state index contributed by atoms with van der Waals surface area (Å²) in [6.45, 7) is 1.02. The molecule has 22 N–H and O–H groups in total. The molecular formula is C85H100Cl3F5N26O13. The number of urea groups is 1. The van der Waals surface area contributed by atoms with Crippen LogP contribution in [0.25, 0.3) is 0 Å². The third-order valence-electron chi connectivity index (χ3n) is 25.4. The molecule has 0 saturated heterocycles. The van der Waals surface area contributed by atoms with Crippen LogP contribution in [-0.4, -0.2) is 154 Å². The van der Waals surface area contributed by atoms with Gasteiger partial charge in [0.1, 0.15) is 0 Å². The lowest BCUT2D eigenvalue weighted by Crippen LogP contribution is -2.47. The molecule has 8 amide bonds. The van der Waals surface area contributed by atoms with Crippen molar-refractivity contribution in [1.29, 1.82) is 0 Å². The van der Waals surface area contributed by atoms with Crippen LogP contribution in [0.5, 0.6) is 0 Å². The first-order valence-electron chi connectivity index (χ1n) is 42.1. The van der Waals surface area contributed by atoms with E-state index in [0.717, 1.165) is 83.3 Å². The number of nitrogen functional groups attached to an aromatic ring is 1. The molecule has 8 saturated carbocycles. The molecule has 9 aliphatic rings. The highest BCUT2D eigenvalue weighted by Gasteiger charge is 2.59. The molecule has 0 radical (unpaired) electrons. The Morgan fingerprint density at radius 2 is 0.970 bits per heavy atom. The SMILES string of the molecule is C.CO.NC(=O)[C@H]1[C@@H]2C[C@@H](CCC(=O)Nc3cccc(N)c3)[C@@H](C2)[C@H]1Nc1nc(Cl)ncc1F.NC(=O)[C@H]1[C@@H]2C[C@@H](CCC(=O)Nc3cccc([N+](=O)[O-])c3)[C@@H](C2)[C@H]1Nc1nc(Cl)ncc1F.NC(=O)[C@H]1[C@@H]2C[C@H]3CNC(=O)Nc4cccc(c4)Nc4ncc(F)c(n4)N[C@@H]1[C@@H]3C2.NC[C@@H]1C[C@@H]2C[C@H]1[C@@H](Nc1nc(Cl)ncc1F)[C@H]2C(N)=O.O=C=Nc1cccc([N+](=O)[O-])c1.[2H]CF. The summed E-state index contributed by atoms with van der Waals surface area (Å²) in [7, 11) is 0. The van der Waals surface area contributed by atoms with E-state index in [1.807, 2.05) is 0 Å². The maximum absolute atomic E-state index is 14.5. The molecule has 4 aromatic carbocycles. The molecule has 5 heterocycles. The van der Waals surface area contributed by atoms with Gasteiger partial charge in [-0.3, -0.25) is 53.4 Å². The summed E-state index contributed by atoms with van der Waals surface area (Å²) in [6, 6.07) is 23.6. The van der Waals surface area contributed by atoms with Gasteiger partial charge in [0.05, 0.1) is 72.5 Å². The Kier molecular flexibility index (Phi) is 34.6. The van der Waals surface area contributed by atoms with E-state index >= 15 is 0 Å². The van der Waals surface area contributed by atoms with E-state index in [1.165, 1.54) is 48.5 Å². The number of rotatable bonds is 22. The standard InChI is InChI=1S/C21H22ClFN6O4.C21H24ClFN6O2.C20H22FN7O2.C13H17ClFN5O.C7H4N2O3.CH3F.CH4O.CH4/c22-21-25-9-15(23)20(28-21)27-18-14-7-11(17(18)19(24)31)6-10(14)4-5-16(30)26-12-2-1-3-13(8-12)29(32)33;22-21-26-9-15(23)20(29-21)28-18-14-7-11(17(18)19(25)31)6-10(14)4-5-16(30)27-13-3-1-2-12(24)8-13;21-14-8-23-19-25-11-2-1-3-12(6-11)26-20(30)24-7-10-4-9-5-13(10)16(15(9)17(22)29)27-18(14)28-19;14-13-18-4-8(15)12(20-13)19-10-7-2-5(1-6(7)3-16)9(10)11(17)21;10-5-8-6-2-1-3-7(4-6)9(11)12;2*1-2;/h1-3,8-11,14,17-18H,4-7H2,(H2,24,31)(H,26,30)(H,25,27,28);1-3,8-11,14,17-18H,4-7,24H2,(H2,25,31)(H,27,30)(H,26,28,29);1-3,6,8-10,13,15-16H,4-5,7H2,(H2,22,29)(H2,24,26,30)(H2,23,25,27,28);4-7,9-10H,1-3,16H2,(H2,17,21)(H,18,19,20);1-4H;1H3;2H,1H3;1H4/t2*10-,11-,14-,17+,18-;9-,10+,13-,15+,16-;5-,6+,7-,9+,10-;;;;/m1111..../s1/i;;;;;1D;;. The van der Waals surface area contributed by atoms with Gasteiger partial charge >= 0.3 is 6.03 Å². The van der Waals surface area contributed by atoms with Crippen LogP contribution >= 0.6 is 34.8 Å². The van der Waals surface area contributed by atoms with Gasteiger partial charge in [-0.2, -0.15) is 24.9 Å². The lowest BCUT2D eigenvalue weighted by molar-refractivity contribution is -0.385. The molecule has 47 heteroatoms. The smallest absolute Gasteiger partial charge is 0.319 e. The number of nitro benzene ring substituents is 2. The van der Waals surface area contributed by atoms with Gasteiger partial charge in [-0.05, 0) is 225 Å². The fraction of sp³-hybridized carbons (Fsp3) is 0.435. The molecule has 12 bridgehead atoms. The lowest BCUT2D eigenvalue weighted by atomic mass is 9.76. The molecule has 8 aliphatic carbocycles. The quantitative estimate of drug-likeness (QED) is 0.00570. The summed E-state index contributed by atoms with van der Waals surface area (Å²) >= 11 is 17.3. The van der Waals surface area contributed by atoms with Gasteiger partial charge in [0, 0.05) is 103 Å². The number of non-ortho nitro benzene ring substituents is 2. The number of isocyanates is 1. The number of hydrogen-bond acceptors (Lipinski definition) is 29. The second-order valence-electron chi connectivity index (χ2n) is 32.8. The molecule has 0 spiro atoms. The summed E-state index contributed by atoms with van der Waals surface area (Å²) in [5.74, 6) is -4.41. The highest BCUT2D eigenvalue weighted by molar-refractivity contribution is 6.29. The van der Waals surface area contributed by atoms with Crippen LogP contribution in [0.1, 0.15) is 85.8 Å². The van der Waals surface area contributed by atoms with Crippen molar-refractivity contribution in [3.05, 3.63) is 181 Å². The van der Waals surface area contributed by atoms with Gasteiger partial charge in [0.25, 0.3) is 11.4 Å². The Labute approximate surface area is 768 Å². The number of carbonyl (C=O) groups is 7. The number of aromatic nitrogens is 8. The Hall–Kier alpha value is -13.3. The Balaban J connectivity index is 0.000000174. The summed E-state index contributed by atoms with van der Waals surface area (Å²) in [5, 5.41) is 54.4. The predicted octanol–water partition coefficient (Wildman–Crippen LogP) is 11.1. The van der Waals surface area contributed by atoms with Crippen molar-refractivity contribution in [1.82, 2.24) is 45.2 Å². The number of aliphatic hydroxyl groups is 1. The highest BCUT2D eigenvalue weighted by Crippen LogP contribution is 2.57. The number of nitrogens with one attached hydrogen (secondary N) is 9. The van der Waals surface area contributed by atoms with Gasteiger partial charge < -0.3 is 87.4 Å². The van der Waals surface area contributed by atoms with Crippen molar-refractivity contribution in [2.24, 2.45) is 128 Å². The van der Waals surface area contributed by atoms with Crippen molar-refractivity contribution >= 4 is 157 Å². The number of alkyl halides is 1. The number of aliphatic hydroxyl groups excluding tert-OH is 1. The number of nitrogens with zero attached hydrogens (tertiary/aromatic N) is 11. The van der Waals surface area contributed by atoms with E-state index in [4.69, 9.17) is 75.7 Å². The van der Waals surface area contributed by atoms with Crippen LogP contribution in [0.2, 0.25) is 15.9 Å². The number of benzene rings is 4. The van der Waals surface area contributed by atoms with Crippen LogP contribution < -0.4 is 82.3 Å². The van der Waals surface area contributed by atoms with Crippen molar-refractivity contribution < 1.29 is 76.6 Å². The second-order valence-corrected chi connectivity index (χ2v) is 33.8.